The van der Waals surface area contributed by atoms with Crippen LogP contribution in [0.25, 0.3) is 11.4 Å². The van der Waals surface area contributed by atoms with Crippen LogP contribution in [0.3, 0.4) is 0 Å². The van der Waals surface area contributed by atoms with E-state index in [9.17, 15) is 9.18 Å². The van der Waals surface area contributed by atoms with E-state index in [4.69, 9.17) is 0 Å². The van der Waals surface area contributed by atoms with Crippen LogP contribution in [0.5, 0.6) is 0 Å². The maximum absolute atomic E-state index is 12.9. The summed E-state index contributed by atoms with van der Waals surface area (Å²) in [6.07, 6.45) is 0.801. The molecule has 8 heteroatoms. The molecule has 1 N–H and O–H groups in total. The Morgan fingerprint density at radius 1 is 1.26 bits per heavy atom. The highest BCUT2D eigenvalue weighted by Crippen LogP contribution is 2.13. The number of aromatic nitrogens is 4. The molecule has 0 saturated carbocycles. The highest BCUT2D eigenvalue weighted by Gasteiger charge is 2.09. The zero-order valence-electron chi connectivity index (χ0n) is 12.1. The number of carbonyl (C=O) groups is 1. The largest absolute Gasteiger partial charge is 0.354 e. The number of thiophene rings is 1. The minimum Gasteiger partial charge on any atom is -0.354 e. The summed E-state index contributed by atoms with van der Waals surface area (Å²) in [5.41, 5.74) is 0.649. The fraction of sp³-hybridized carbons (Fsp3) is 0.200. The predicted octanol–water partition coefficient (Wildman–Crippen LogP) is 1.90. The van der Waals surface area contributed by atoms with Gasteiger partial charge in [0.2, 0.25) is 11.7 Å². The quantitative estimate of drug-likeness (QED) is 0.749. The summed E-state index contributed by atoms with van der Waals surface area (Å²) in [6.45, 7) is 0.567. The van der Waals surface area contributed by atoms with Gasteiger partial charge in [-0.2, -0.15) is 4.80 Å². The first-order chi connectivity index (χ1) is 11.2. The van der Waals surface area contributed by atoms with Crippen molar-refractivity contribution in [2.75, 3.05) is 6.54 Å². The lowest BCUT2D eigenvalue weighted by Gasteiger charge is -2.03. The SMILES string of the molecule is O=C(Cn1nnc(-c2ccc(F)cc2)n1)NCCc1cccs1. The summed E-state index contributed by atoms with van der Waals surface area (Å²) in [4.78, 5) is 14.3. The summed E-state index contributed by atoms with van der Waals surface area (Å²) in [5.74, 6) is -0.146. The molecule has 118 valence electrons. The number of amides is 1. The second kappa shape index (κ2) is 7.10. The standard InChI is InChI=1S/C15H14FN5OS/c16-12-5-3-11(4-6-12)15-18-20-21(19-15)10-14(22)17-8-7-13-2-1-9-23-13/h1-6,9H,7-8,10H2,(H,17,22). The molecule has 0 atom stereocenters. The van der Waals surface area contributed by atoms with E-state index >= 15 is 0 Å². The lowest BCUT2D eigenvalue weighted by molar-refractivity contribution is -0.122. The Balaban J connectivity index is 1.52. The minimum absolute atomic E-state index is 0.00135. The summed E-state index contributed by atoms with van der Waals surface area (Å²) in [6, 6.07) is 9.80. The smallest absolute Gasteiger partial charge is 0.243 e. The molecule has 3 aromatic rings. The third kappa shape index (κ3) is 4.19. The molecule has 0 aliphatic heterocycles. The van der Waals surface area contributed by atoms with E-state index in [0.717, 1.165) is 6.42 Å². The van der Waals surface area contributed by atoms with Crippen molar-refractivity contribution in [1.82, 2.24) is 25.5 Å². The molecular weight excluding hydrogens is 317 g/mol. The zero-order valence-corrected chi connectivity index (χ0v) is 13.0. The molecule has 0 saturated heterocycles. The molecule has 0 unspecified atom stereocenters. The van der Waals surface area contributed by atoms with E-state index in [0.29, 0.717) is 17.9 Å². The Kier molecular flexibility index (Phi) is 4.72. The topological polar surface area (TPSA) is 72.7 Å². The van der Waals surface area contributed by atoms with E-state index in [1.54, 1.807) is 23.5 Å². The zero-order chi connectivity index (χ0) is 16.1. The van der Waals surface area contributed by atoms with Gasteiger partial charge in [-0.1, -0.05) is 6.07 Å². The number of tetrazole rings is 1. The van der Waals surface area contributed by atoms with Gasteiger partial charge in [-0.3, -0.25) is 4.79 Å². The lowest BCUT2D eigenvalue weighted by Crippen LogP contribution is -2.30. The molecule has 3 rings (SSSR count). The molecule has 2 heterocycles. The van der Waals surface area contributed by atoms with E-state index < -0.39 is 0 Å². The second-order valence-electron chi connectivity index (χ2n) is 4.83. The maximum atomic E-state index is 12.9. The van der Waals surface area contributed by atoms with Crippen molar-refractivity contribution in [3.63, 3.8) is 0 Å². The Labute approximate surface area is 136 Å². The van der Waals surface area contributed by atoms with Gasteiger partial charge in [0, 0.05) is 17.0 Å². The minimum atomic E-state index is -0.328. The molecule has 1 aromatic carbocycles. The van der Waals surface area contributed by atoms with Gasteiger partial charge in [-0.15, -0.1) is 21.5 Å². The highest BCUT2D eigenvalue weighted by atomic mass is 32.1. The number of nitrogens with one attached hydrogen (secondary N) is 1. The first-order valence-electron chi connectivity index (χ1n) is 7.03. The van der Waals surface area contributed by atoms with Crippen LogP contribution in [0.2, 0.25) is 0 Å². The van der Waals surface area contributed by atoms with Crippen molar-refractivity contribution < 1.29 is 9.18 Å². The molecule has 23 heavy (non-hydrogen) atoms. The molecule has 0 aliphatic rings. The number of hydrogen-bond donors (Lipinski definition) is 1. The highest BCUT2D eigenvalue weighted by molar-refractivity contribution is 7.09. The lowest BCUT2D eigenvalue weighted by atomic mass is 10.2. The number of nitrogens with zero attached hydrogens (tertiary/aromatic N) is 4. The molecule has 6 nitrogen and oxygen atoms in total. The van der Waals surface area contributed by atoms with Crippen molar-refractivity contribution in [2.45, 2.75) is 13.0 Å². The van der Waals surface area contributed by atoms with E-state index in [2.05, 4.69) is 20.7 Å². The maximum Gasteiger partial charge on any atom is 0.243 e. The third-order valence-corrected chi connectivity index (χ3v) is 4.05. The second-order valence-corrected chi connectivity index (χ2v) is 5.86. The Morgan fingerprint density at radius 2 is 2.09 bits per heavy atom. The van der Waals surface area contributed by atoms with Crippen molar-refractivity contribution in [3.8, 4) is 11.4 Å². The predicted molar refractivity (Wildman–Crippen MR) is 84.2 cm³/mol. The Bertz CT molecular complexity index is 770. The monoisotopic (exact) mass is 331 g/mol. The Hall–Kier alpha value is -2.61. The van der Waals surface area contributed by atoms with Gasteiger partial charge < -0.3 is 5.32 Å². The van der Waals surface area contributed by atoms with Crippen LogP contribution in [-0.2, 0) is 17.8 Å². The number of halogens is 1. The van der Waals surface area contributed by atoms with Crippen LogP contribution in [-0.4, -0.2) is 32.7 Å². The van der Waals surface area contributed by atoms with Crippen LogP contribution >= 0.6 is 11.3 Å². The van der Waals surface area contributed by atoms with Crippen molar-refractivity contribution in [2.24, 2.45) is 0 Å². The number of benzene rings is 1. The molecule has 0 aliphatic carbocycles. The number of carbonyl (C=O) groups excluding carboxylic acids is 1. The van der Waals surface area contributed by atoms with Gasteiger partial charge in [0.25, 0.3) is 0 Å². The van der Waals surface area contributed by atoms with Crippen molar-refractivity contribution in [1.29, 1.82) is 0 Å². The average molecular weight is 331 g/mol. The summed E-state index contributed by atoms with van der Waals surface area (Å²) < 4.78 is 12.9. The molecule has 2 aromatic heterocycles. The van der Waals surface area contributed by atoms with Crippen LogP contribution < -0.4 is 5.32 Å². The van der Waals surface area contributed by atoms with Crippen molar-refractivity contribution >= 4 is 17.2 Å². The Morgan fingerprint density at radius 3 is 2.83 bits per heavy atom. The van der Waals surface area contributed by atoms with Gasteiger partial charge >= 0.3 is 0 Å². The van der Waals surface area contributed by atoms with Crippen LogP contribution in [0.4, 0.5) is 4.39 Å². The number of rotatable bonds is 6. The number of hydrogen-bond acceptors (Lipinski definition) is 5. The fourth-order valence-corrected chi connectivity index (χ4v) is 2.70. The van der Waals surface area contributed by atoms with Gasteiger partial charge in [0.15, 0.2) is 0 Å². The molecule has 0 spiro atoms. The van der Waals surface area contributed by atoms with E-state index in [1.807, 2.05) is 17.5 Å². The van der Waals surface area contributed by atoms with Gasteiger partial charge in [0.05, 0.1) is 0 Å². The molecule has 0 fully saturated rings. The van der Waals surface area contributed by atoms with E-state index in [-0.39, 0.29) is 18.3 Å². The van der Waals surface area contributed by atoms with Crippen LogP contribution in [0.1, 0.15) is 4.88 Å². The average Bonchev–Trinajstić information content (AvgIpc) is 3.20. The summed E-state index contributed by atoms with van der Waals surface area (Å²) in [7, 11) is 0. The van der Waals surface area contributed by atoms with Crippen molar-refractivity contribution in [3.05, 3.63) is 52.5 Å². The summed E-state index contributed by atoms with van der Waals surface area (Å²) in [5, 5.41) is 16.7. The van der Waals surface area contributed by atoms with Gasteiger partial charge in [-0.25, -0.2) is 4.39 Å². The molecule has 1 amide bonds. The third-order valence-electron chi connectivity index (χ3n) is 3.11. The molecular formula is C15H14FN5OS. The summed E-state index contributed by atoms with van der Waals surface area (Å²) >= 11 is 1.66. The molecule has 0 bridgehead atoms. The van der Waals surface area contributed by atoms with Crippen LogP contribution in [0, 0.1) is 5.82 Å². The first-order valence-corrected chi connectivity index (χ1v) is 7.91. The normalized spacial score (nSPS) is 10.7. The van der Waals surface area contributed by atoms with Crippen LogP contribution in [0.15, 0.2) is 41.8 Å². The first kappa shape index (κ1) is 15.3. The van der Waals surface area contributed by atoms with Gasteiger partial charge in [-0.05, 0) is 47.3 Å². The van der Waals surface area contributed by atoms with Gasteiger partial charge in [0.1, 0.15) is 12.4 Å². The molecule has 0 radical (unpaired) electrons. The fourth-order valence-electron chi connectivity index (χ4n) is 1.99. The van der Waals surface area contributed by atoms with E-state index in [1.165, 1.54) is 21.8 Å².